The number of carbonyl (C=O) groups excluding carboxylic acids is 3. The van der Waals surface area contributed by atoms with Crippen LogP contribution in [-0.2, 0) is 19.1 Å². The molecule has 0 bridgehead atoms. The zero-order chi connectivity index (χ0) is 29.0. The molecule has 2 aliphatic heterocycles. The minimum Gasteiger partial charge on any atom is -0.476 e. The molecule has 1 aromatic carbocycles. The summed E-state index contributed by atoms with van der Waals surface area (Å²) in [4.78, 5) is 43.9. The highest BCUT2D eigenvalue weighted by Crippen LogP contribution is 2.43. The molecule has 1 aliphatic carbocycles. The highest BCUT2D eigenvalue weighted by Gasteiger charge is 2.43. The van der Waals surface area contributed by atoms with Crippen molar-refractivity contribution in [3.05, 3.63) is 18.2 Å². The molecule has 10 nitrogen and oxygen atoms in total. The highest BCUT2D eigenvalue weighted by molar-refractivity contribution is 6.04. The van der Waals surface area contributed by atoms with Gasteiger partial charge in [-0.2, -0.15) is 0 Å². The predicted octanol–water partition coefficient (Wildman–Crippen LogP) is 2.47. The molecule has 2 fully saturated rings. The number of benzene rings is 1. The van der Waals surface area contributed by atoms with Crippen molar-refractivity contribution in [3.63, 3.8) is 0 Å². The standard InChI is InChI=1S/C30H46N4O6/c1-19(2)13-22(18-35)32-27(36)20-14-21(17-31-16-20)28(37)34(23-7-8-23)24-9-10-26-25(15-24)33(11-6-12-39-5)29(38)30(3,4)40-26/h9-10,15,19-23,31,35H,6-8,11-14,16-18H2,1-5H3,(H,32,36)/t20-,21+,22?/m0/s1. The second kappa shape index (κ2) is 12.9. The maximum atomic E-state index is 14.0. The second-order valence-electron chi connectivity index (χ2n) is 12.3. The van der Waals surface area contributed by atoms with Gasteiger partial charge in [0, 0.05) is 45.1 Å². The van der Waals surface area contributed by atoms with E-state index in [1.165, 1.54) is 0 Å². The summed E-state index contributed by atoms with van der Waals surface area (Å²) in [6.45, 7) is 9.57. The smallest absolute Gasteiger partial charge is 0.270 e. The molecule has 3 amide bonds. The molecule has 222 valence electrons. The van der Waals surface area contributed by atoms with Gasteiger partial charge in [0.2, 0.25) is 11.8 Å². The molecule has 0 spiro atoms. The Morgan fingerprint density at radius 2 is 1.98 bits per heavy atom. The Morgan fingerprint density at radius 1 is 1.25 bits per heavy atom. The summed E-state index contributed by atoms with van der Waals surface area (Å²) in [5.74, 6) is 0.00425. The van der Waals surface area contributed by atoms with Gasteiger partial charge in [0.25, 0.3) is 5.91 Å². The molecular formula is C30H46N4O6. The number of hydrogen-bond donors (Lipinski definition) is 3. The molecule has 2 heterocycles. The van der Waals surface area contributed by atoms with Crippen molar-refractivity contribution < 1.29 is 29.0 Å². The van der Waals surface area contributed by atoms with Crippen molar-refractivity contribution >= 4 is 29.1 Å². The Balaban J connectivity index is 1.53. The van der Waals surface area contributed by atoms with Crippen molar-refractivity contribution in [1.82, 2.24) is 10.6 Å². The van der Waals surface area contributed by atoms with Gasteiger partial charge in [-0.25, -0.2) is 0 Å². The Hall–Kier alpha value is -2.69. The number of carbonyl (C=O) groups is 3. The number of methoxy groups -OCH3 is 1. The van der Waals surface area contributed by atoms with Crippen LogP contribution in [0.25, 0.3) is 0 Å². The number of ether oxygens (including phenoxy) is 2. The van der Waals surface area contributed by atoms with Crippen LogP contribution in [0.3, 0.4) is 0 Å². The molecule has 10 heteroatoms. The molecule has 1 aromatic rings. The summed E-state index contributed by atoms with van der Waals surface area (Å²) in [5, 5.41) is 16.0. The summed E-state index contributed by atoms with van der Waals surface area (Å²) >= 11 is 0. The number of aliphatic hydroxyl groups is 1. The van der Waals surface area contributed by atoms with Gasteiger partial charge in [0.1, 0.15) is 5.75 Å². The number of piperidine rings is 1. The molecular weight excluding hydrogens is 512 g/mol. The largest absolute Gasteiger partial charge is 0.476 e. The summed E-state index contributed by atoms with van der Waals surface area (Å²) in [7, 11) is 1.64. The van der Waals surface area contributed by atoms with Crippen molar-refractivity contribution in [2.24, 2.45) is 17.8 Å². The summed E-state index contributed by atoms with van der Waals surface area (Å²) < 4.78 is 11.3. The van der Waals surface area contributed by atoms with Crippen molar-refractivity contribution in [2.45, 2.75) is 77.5 Å². The number of amides is 3. The van der Waals surface area contributed by atoms with E-state index >= 15 is 0 Å². The maximum absolute atomic E-state index is 14.0. The summed E-state index contributed by atoms with van der Waals surface area (Å²) in [5.41, 5.74) is 0.416. The average Bonchev–Trinajstić information content (AvgIpc) is 3.75. The third-order valence-corrected chi connectivity index (χ3v) is 7.91. The summed E-state index contributed by atoms with van der Waals surface area (Å²) in [6, 6.07) is 5.45. The van der Waals surface area contributed by atoms with Gasteiger partial charge in [-0.15, -0.1) is 0 Å². The van der Waals surface area contributed by atoms with E-state index in [0.717, 1.165) is 18.5 Å². The van der Waals surface area contributed by atoms with Gasteiger partial charge in [0.15, 0.2) is 5.60 Å². The van der Waals surface area contributed by atoms with Crippen LogP contribution in [0.5, 0.6) is 5.75 Å². The Morgan fingerprint density at radius 3 is 2.62 bits per heavy atom. The molecule has 3 atom stereocenters. The van der Waals surface area contributed by atoms with E-state index in [2.05, 4.69) is 24.5 Å². The fourth-order valence-corrected chi connectivity index (χ4v) is 5.74. The molecule has 1 unspecified atom stereocenters. The molecule has 40 heavy (non-hydrogen) atoms. The van der Waals surface area contributed by atoms with Gasteiger partial charge in [0.05, 0.1) is 30.2 Å². The highest BCUT2D eigenvalue weighted by atomic mass is 16.5. The van der Waals surface area contributed by atoms with Gasteiger partial charge in [-0.3, -0.25) is 14.4 Å². The predicted molar refractivity (Wildman–Crippen MR) is 153 cm³/mol. The van der Waals surface area contributed by atoms with E-state index in [9.17, 15) is 19.5 Å². The Labute approximate surface area is 237 Å². The lowest BCUT2D eigenvalue weighted by atomic mass is 9.88. The third kappa shape index (κ3) is 6.95. The van der Waals surface area contributed by atoms with Crippen molar-refractivity contribution in [3.8, 4) is 5.75 Å². The van der Waals surface area contributed by atoms with Crippen molar-refractivity contribution in [2.75, 3.05) is 49.8 Å². The first-order chi connectivity index (χ1) is 19.1. The maximum Gasteiger partial charge on any atom is 0.270 e. The number of aliphatic hydroxyl groups excluding tert-OH is 1. The van der Waals surface area contributed by atoms with E-state index in [0.29, 0.717) is 62.9 Å². The number of hydrogen-bond acceptors (Lipinski definition) is 7. The van der Waals surface area contributed by atoms with Crippen LogP contribution >= 0.6 is 0 Å². The van der Waals surface area contributed by atoms with Crippen LogP contribution < -0.4 is 25.2 Å². The molecule has 0 radical (unpaired) electrons. The number of anilines is 2. The minimum absolute atomic E-state index is 0.0114. The lowest BCUT2D eigenvalue weighted by Crippen LogP contribution is -2.53. The first kappa shape index (κ1) is 30.3. The molecule has 3 aliphatic rings. The topological polar surface area (TPSA) is 120 Å². The quantitative estimate of drug-likeness (QED) is 0.337. The molecule has 4 rings (SSSR count). The average molecular weight is 559 g/mol. The van der Waals surface area contributed by atoms with Gasteiger partial charge >= 0.3 is 0 Å². The van der Waals surface area contributed by atoms with Crippen LogP contribution in [0.1, 0.15) is 59.8 Å². The molecule has 1 saturated carbocycles. The van der Waals surface area contributed by atoms with Crippen LogP contribution in [0.4, 0.5) is 11.4 Å². The second-order valence-corrected chi connectivity index (χ2v) is 12.3. The Bertz CT molecular complexity index is 1070. The van der Waals surface area contributed by atoms with Gasteiger partial charge in [-0.05, 0) is 70.1 Å². The minimum atomic E-state index is -0.985. The number of fused-ring (bicyclic) bond motifs is 1. The Kier molecular flexibility index (Phi) is 9.74. The van der Waals surface area contributed by atoms with Gasteiger partial charge in [-0.1, -0.05) is 13.8 Å². The van der Waals surface area contributed by atoms with E-state index in [4.69, 9.17) is 9.47 Å². The van der Waals surface area contributed by atoms with E-state index in [1.807, 2.05) is 23.1 Å². The number of nitrogens with one attached hydrogen (secondary N) is 2. The number of rotatable bonds is 12. The van der Waals surface area contributed by atoms with E-state index in [1.54, 1.807) is 25.9 Å². The fourth-order valence-electron chi connectivity index (χ4n) is 5.74. The first-order valence-corrected chi connectivity index (χ1v) is 14.6. The fraction of sp³-hybridized carbons (Fsp3) is 0.700. The van der Waals surface area contributed by atoms with E-state index in [-0.39, 0.29) is 48.2 Å². The molecule has 3 N–H and O–H groups in total. The first-order valence-electron chi connectivity index (χ1n) is 14.6. The van der Waals surface area contributed by atoms with Crippen molar-refractivity contribution in [1.29, 1.82) is 0 Å². The zero-order valence-electron chi connectivity index (χ0n) is 24.6. The third-order valence-electron chi connectivity index (χ3n) is 7.91. The van der Waals surface area contributed by atoms with Crippen LogP contribution in [-0.4, -0.2) is 80.5 Å². The SMILES string of the molecule is COCCCN1C(=O)C(C)(C)Oc2ccc(N(C(=O)[C@H]3CNC[C@@H](C(=O)NC(CO)CC(C)C)C3)C3CC3)cc21. The van der Waals surface area contributed by atoms with Crippen LogP contribution in [0.2, 0.25) is 0 Å². The number of nitrogens with zero attached hydrogens (tertiary/aromatic N) is 2. The molecule has 0 aromatic heterocycles. The normalized spacial score (nSPS) is 22.9. The lowest BCUT2D eigenvalue weighted by Gasteiger charge is -2.40. The summed E-state index contributed by atoms with van der Waals surface area (Å²) in [6.07, 6.45) is 3.66. The van der Waals surface area contributed by atoms with Gasteiger partial charge < -0.3 is 35.0 Å². The zero-order valence-corrected chi connectivity index (χ0v) is 24.6. The van der Waals surface area contributed by atoms with Crippen LogP contribution in [0.15, 0.2) is 18.2 Å². The lowest BCUT2D eigenvalue weighted by molar-refractivity contribution is -0.132. The monoisotopic (exact) mass is 558 g/mol. The van der Waals surface area contributed by atoms with Crippen LogP contribution in [0, 0.1) is 17.8 Å². The molecule has 1 saturated heterocycles. The van der Waals surface area contributed by atoms with E-state index < -0.39 is 5.60 Å².